The molecule has 3 aromatic rings. The minimum atomic E-state index is -0.891. The molecule has 1 aliphatic heterocycles. The Kier molecular flexibility index (Phi) is 7.02. The fourth-order valence-electron chi connectivity index (χ4n) is 4.12. The number of imidazole rings is 1. The zero-order chi connectivity index (χ0) is 24.2. The van der Waals surface area contributed by atoms with Gasteiger partial charge in [-0.1, -0.05) is 33.8 Å². The average molecular weight is 526 g/mol. The Hall–Kier alpha value is -3.59. The largest absolute Gasteiger partial charge is 0.872 e. The summed E-state index contributed by atoms with van der Waals surface area (Å²) in [4.78, 5) is 30.8. The first kappa shape index (κ1) is 23.6. The number of methoxy groups -OCH3 is 2. The van der Waals surface area contributed by atoms with E-state index in [2.05, 4.69) is 20.9 Å². The van der Waals surface area contributed by atoms with Crippen LogP contribution in [0.15, 0.2) is 71.2 Å². The molecule has 2 aromatic carbocycles. The zero-order valence-corrected chi connectivity index (χ0v) is 20.4. The number of ketones is 1. The number of hydrogen-bond acceptors (Lipinski definition) is 5. The number of carbonyl (C=O) groups is 2. The molecule has 0 bridgehead atoms. The highest BCUT2D eigenvalue weighted by molar-refractivity contribution is 9.10. The van der Waals surface area contributed by atoms with E-state index < -0.39 is 23.5 Å². The van der Waals surface area contributed by atoms with Crippen molar-refractivity contribution < 1.29 is 28.7 Å². The van der Waals surface area contributed by atoms with Crippen molar-refractivity contribution in [2.24, 2.45) is 0 Å². The van der Waals surface area contributed by atoms with Gasteiger partial charge in [0.2, 0.25) is 12.1 Å². The lowest BCUT2D eigenvalue weighted by Crippen LogP contribution is -2.36. The van der Waals surface area contributed by atoms with Crippen molar-refractivity contribution in [3.63, 3.8) is 0 Å². The third-order valence-electron chi connectivity index (χ3n) is 5.79. The molecule has 1 saturated heterocycles. The number of Topliss-reactive ketones (excluding diaryl/α,β-unsaturated/α-hetero) is 1. The molecular weight excluding hydrogens is 502 g/mol. The van der Waals surface area contributed by atoms with Crippen molar-refractivity contribution in [2.45, 2.75) is 19.0 Å². The highest BCUT2D eigenvalue weighted by Gasteiger charge is 2.45. The van der Waals surface area contributed by atoms with Gasteiger partial charge in [-0.3, -0.25) is 14.6 Å². The minimum Gasteiger partial charge on any atom is -0.872 e. The van der Waals surface area contributed by atoms with Crippen LogP contribution < -0.4 is 19.1 Å². The second-order valence-corrected chi connectivity index (χ2v) is 8.71. The fraction of sp³-hybridized carbons (Fsp3) is 0.240. The molecule has 176 valence electrons. The molecule has 1 unspecified atom stereocenters. The molecule has 1 atom stereocenters. The number of nitrogens with one attached hydrogen (secondary N) is 1. The van der Waals surface area contributed by atoms with Gasteiger partial charge in [0.15, 0.2) is 0 Å². The molecule has 0 saturated carbocycles. The molecule has 0 spiro atoms. The summed E-state index contributed by atoms with van der Waals surface area (Å²) in [6, 6.07) is 10.9. The normalized spacial score (nSPS) is 17.3. The van der Waals surface area contributed by atoms with Gasteiger partial charge in [0, 0.05) is 28.6 Å². The highest BCUT2D eigenvalue weighted by atomic mass is 79.9. The Balaban J connectivity index is 1.81. The number of aromatic nitrogens is 2. The van der Waals surface area contributed by atoms with Gasteiger partial charge >= 0.3 is 0 Å². The summed E-state index contributed by atoms with van der Waals surface area (Å²) in [6.45, 7) is 0.921. The second-order valence-electron chi connectivity index (χ2n) is 7.79. The Morgan fingerprint density at radius 2 is 1.91 bits per heavy atom. The van der Waals surface area contributed by atoms with Crippen LogP contribution in [0.2, 0.25) is 0 Å². The quantitative estimate of drug-likeness (QED) is 0.211. The molecule has 1 aliphatic rings. The van der Waals surface area contributed by atoms with Crippen LogP contribution in [0.5, 0.6) is 11.5 Å². The number of amides is 1. The Morgan fingerprint density at radius 1 is 1.15 bits per heavy atom. The molecule has 8 nitrogen and oxygen atoms in total. The molecule has 2 heterocycles. The molecule has 1 fully saturated rings. The number of hydrogen-bond donors (Lipinski definition) is 1. The lowest BCUT2D eigenvalue weighted by molar-refractivity contribution is -0.695. The van der Waals surface area contributed by atoms with Crippen LogP contribution in [0.4, 0.5) is 0 Å². The SMILES string of the molecule is COc1ccc(OC)c(C2/C(=C(\[O-])c3ccc(Br)cc3)C(=O)C(=O)N2CCC[n+]2cc[nH]c2)c1. The number of aryl methyl sites for hydroxylation is 1. The van der Waals surface area contributed by atoms with Gasteiger partial charge in [0.25, 0.3) is 5.91 Å². The average Bonchev–Trinajstić information content (AvgIpc) is 3.46. The van der Waals surface area contributed by atoms with Crippen LogP contribution in [-0.4, -0.2) is 42.3 Å². The van der Waals surface area contributed by atoms with E-state index in [1.807, 2.05) is 17.1 Å². The number of benzene rings is 2. The van der Waals surface area contributed by atoms with Crippen molar-refractivity contribution in [2.75, 3.05) is 20.8 Å². The third kappa shape index (κ3) is 4.56. The molecule has 34 heavy (non-hydrogen) atoms. The Labute approximate surface area is 205 Å². The van der Waals surface area contributed by atoms with Crippen molar-refractivity contribution in [3.05, 3.63) is 82.4 Å². The summed E-state index contributed by atoms with van der Waals surface area (Å²) >= 11 is 3.36. The molecule has 1 N–H and O–H groups in total. The van der Waals surface area contributed by atoms with E-state index in [0.717, 1.165) is 4.47 Å². The molecule has 0 radical (unpaired) electrons. The first-order valence-electron chi connectivity index (χ1n) is 10.7. The van der Waals surface area contributed by atoms with Crippen LogP contribution in [0.1, 0.15) is 23.6 Å². The predicted octanol–water partition coefficient (Wildman–Crippen LogP) is 2.40. The number of rotatable bonds is 8. The molecule has 1 amide bonds. The van der Waals surface area contributed by atoms with Gasteiger partial charge < -0.3 is 19.5 Å². The van der Waals surface area contributed by atoms with Crippen LogP contribution >= 0.6 is 15.9 Å². The summed E-state index contributed by atoms with van der Waals surface area (Å²) in [5.74, 6) is -0.991. The smallest absolute Gasteiger partial charge is 0.295 e. The second kappa shape index (κ2) is 10.1. The van der Waals surface area contributed by atoms with Gasteiger partial charge in [-0.25, -0.2) is 4.57 Å². The number of aromatic amines is 1. The van der Waals surface area contributed by atoms with Crippen LogP contribution in [0, 0.1) is 0 Å². The first-order chi connectivity index (χ1) is 16.4. The summed E-state index contributed by atoms with van der Waals surface area (Å²) in [5, 5.41) is 13.5. The Bertz CT molecular complexity index is 1220. The molecular formula is C25H24BrN3O5. The summed E-state index contributed by atoms with van der Waals surface area (Å²) in [7, 11) is 3.03. The van der Waals surface area contributed by atoms with E-state index >= 15 is 0 Å². The van der Waals surface area contributed by atoms with Crippen LogP contribution in [0.3, 0.4) is 0 Å². The molecule has 1 aromatic heterocycles. The number of nitrogens with zero attached hydrogens (tertiary/aromatic N) is 2. The van der Waals surface area contributed by atoms with Crippen molar-refractivity contribution in [1.82, 2.24) is 9.88 Å². The predicted molar refractivity (Wildman–Crippen MR) is 126 cm³/mol. The van der Waals surface area contributed by atoms with Gasteiger partial charge in [-0.05, 0) is 35.9 Å². The number of carbonyl (C=O) groups excluding carboxylic acids is 2. The maximum Gasteiger partial charge on any atom is 0.295 e. The van der Waals surface area contributed by atoms with E-state index in [9.17, 15) is 14.7 Å². The lowest BCUT2D eigenvalue weighted by atomic mass is 9.94. The van der Waals surface area contributed by atoms with Gasteiger partial charge in [0.1, 0.15) is 23.9 Å². The minimum absolute atomic E-state index is 0.0897. The monoisotopic (exact) mass is 525 g/mol. The van der Waals surface area contributed by atoms with Crippen molar-refractivity contribution in [1.29, 1.82) is 0 Å². The van der Waals surface area contributed by atoms with Gasteiger partial charge in [-0.2, -0.15) is 0 Å². The zero-order valence-electron chi connectivity index (χ0n) is 18.8. The highest BCUT2D eigenvalue weighted by Crippen LogP contribution is 2.43. The summed E-state index contributed by atoms with van der Waals surface area (Å²) < 4.78 is 13.7. The number of halogens is 1. The number of H-pyrrole nitrogens is 1. The maximum atomic E-state index is 13.5. The van der Waals surface area contributed by atoms with E-state index in [0.29, 0.717) is 35.6 Å². The molecule has 9 heteroatoms. The van der Waals surface area contributed by atoms with E-state index in [1.54, 1.807) is 48.7 Å². The van der Waals surface area contributed by atoms with Gasteiger partial charge in [0.05, 0.1) is 26.8 Å². The van der Waals surface area contributed by atoms with E-state index in [1.165, 1.54) is 19.1 Å². The number of ether oxygens (including phenoxy) is 2. The van der Waals surface area contributed by atoms with Gasteiger partial charge in [-0.15, -0.1) is 0 Å². The topological polar surface area (TPSA) is 98.6 Å². The number of likely N-dealkylation sites (tertiary alicyclic amines) is 1. The standard InChI is InChI=1S/C25H24BrN3O5/c1-33-18-8-9-20(34-2)19(14-18)22-21(23(30)16-4-6-17(26)7-5-16)24(31)25(32)29(22)12-3-11-28-13-10-27-15-28/h4-10,13-15,22H,3,11-12H2,1-2H3,(H,30,31). The summed E-state index contributed by atoms with van der Waals surface area (Å²) in [5.41, 5.74) is 0.764. The third-order valence-corrected chi connectivity index (χ3v) is 6.31. The van der Waals surface area contributed by atoms with Crippen LogP contribution in [0.25, 0.3) is 5.76 Å². The van der Waals surface area contributed by atoms with Crippen molar-refractivity contribution in [3.8, 4) is 11.5 Å². The van der Waals surface area contributed by atoms with Crippen LogP contribution in [-0.2, 0) is 16.1 Å². The van der Waals surface area contributed by atoms with Crippen molar-refractivity contribution >= 4 is 33.4 Å². The van der Waals surface area contributed by atoms with E-state index in [4.69, 9.17) is 9.47 Å². The Morgan fingerprint density at radius 3 is 2.56 bits per heavy atom. The molecule has 0 aliphatic carbocycles. The lowest BCUT2D eigenvalue weighted by Gasteiger charge is -2.28. The summed E-state index contributed by atoms with van der Waals surface area (Å²) in [6.07, 6.45) is 6.09. The van der Waals surface area contributed by atoms with E-state index in [-0.39, 0.29) is 12.1 Å². The molecule has 4 rings (SSSR count). The maximum absolute atomic E-state index is 13.5. The fourth-order valence-corrected chi connectivity index (χ4v) is 4.38. The first-order valence-corrected chi connectivity index (χ1v) is 11.5.